The third-order valence-corrected chi connectivity index (χ3v) is 3.51. The highest BCUT2D eigenvalue weighted by atomic mass is 16.6. The van der Waals surface area contributed by atoms with Crippen molar-refractivity contribution in [2.75, 3.05) is 6.54 Å². The number of carboxylic acids is 1. The molecular weight excluding hydrogens is 292 g/mol. The molecule has 1 saturated carbocycles. The van der Waals surface area contributed by atoms with E-state index in [9.17, 15) is 19.7 Å². The molecule has 2 N–H and O–H groups in total. The second-order valence-electron chi connectivity index (χ2n) is 5.12. The number of nitrogens with zero attached hydrogens (tertiary/aromatic N) is 3. The molecule has 1 aromatic heterocycles. The molecule has 9 heteroatoms. The van der Waals surface area contributed by atoms with Gasteiger partial charge in [0.25, 0.3) is 11.6 Å². The maximum atomic E-state index is 12.5. The van der Waals surface area contributed by atoms with Crippen LogP contribution in [0.4, 0.5) is 5.69 Å². The number of fused-ring (bicyclic) bond motifs is 1. The molecule has 0 atom stereocenters. The second kappa shape index (κ2) is 5.10. The fraction of sp³-hybridized carbons (Fsp3) is 0.308. The summed E-state index contributed by atoms with van der Waals surface area (Å²) in [6.45, 7) is -0.410. The van der Waals surface area contributed by atoms with Gasteiger partial charge in [0.15, 0.2) is 5.69 Å². The Kier molecular flexibility index (Phi) is 3.24. The molecule has 9 nitrogen and oxygen atoms in total. The third kappa shape index (κ3) is 2.48. The number of aromatic nitrogens is 2. The summed E-state index contributed by atoms with van der Waals surface area (Å²) in [4.78, 5) is 35.0. The van der Waals surface area contributed by atoms with E-state index in [1.54, 1.807) is 0 Å². The first-order valence-electron chi connectivity index (χ1n) is 6.62. The monoisotopic (exact) mass is 304 g/mol. The second-order valence-corrected chi connectivity index (χ2v) is 5.12. The average molecular weight is 304 g/mol. The van der Waals surface area contributed by atoms with Gasteiger partial charge in [-0.1, -0.05) is 0 Å². The number of carbonyl (C=O) groups excluding carboxylic acids is 1. The van der Waals surface area contributed by atoms with E-state index >= 15 is 0 Å². The Balaban J connectivity index is 2.00. The number of hydrogen-bond acceptors (Lipinski definition) is 5. The van der Waals surface area contributed by atoms with Gasteiger partial charge in [0, 0.05) is 23.6 Å². The van der Waals surface area contributed by atoms with Gasteiger partial charge in [0.05, 0.1) is 10.4 Å². The lowest BCUT2D eigenvalue weighted by atomic mass is 10.1. The quantitative estimate of drug-likeness (QED) is 0.629. The Morgan fingerprint density at radius 1 is 1.45 bits per heavy atom. The van der Waals surface area contributed by atoms with Crippen molar-refractivity contribution in [1.82, 2.24) is 15.1 Å². The predicted octanol–water partition coefficient (Wildman–Crippen LogP) is 1.16. The zero-order valence-electron chi connectivity index (χ0n) is 11.4. The molecule has 1 aromatic carbocycles. The van der Waals surface area contributed by atoms with Crippen molar-refractivity contribution in [1.29, 1.82) is 0 Å². The van der Waals surface area contributed by atoms with Gasteiger partial charge in [-0.15, -0.1) is 0 Å². The molecule has 0 radical (unpaired) electrons. The number of rotatable bonds is 5. The number of nitro groups is 1. The number of aliphatic carboxylic acids is 1. The molecular formula is C13H12N4O5. The van der Waals surface area contributed by atoms with Crippen LogP contribution < -0.4 is 0 Å². The number of nitrogens with one attached hydrogen (secondary N) is 1. The standard InChI is InChI=1S/C13H12N4O5/c18-11(19)6-16(7-1-2-7)13(20)12-9-5-8(17(21)22)3-4-10(9)14-15-12/h3-5,7H,1-2,6H2,(H,14,15)(H,18,19). The predicted molar refractivity (Wildman–Crippen MR) is 74.4 cm³/mol. The van der Waals surface area contributed by atoms with Crippen LogP contribution in [0.2, 0.25) is 0 Å². The molecule has 1 aliphatic carbocycles. The van der Waals surface area contributed by atoms with Crippen LogP contribution in [0.3, 0.4) is 0 Å². The van der Waals surface area contributed by atoms with Crippen molar-refractivity contribution in [3.05, 3.63) is 34.0 Å². The molecule has 1 aliphatic rings. The van der Waals surface area contributed by atoms with Crippen molar-refractivity contribution in [2.24, 2.45) is 0 Å². The van der Waals surface area contributed by atoms with Crippen LogP contribution in [0.15, 0.2) is 18.2 Å². The van der Waals surface area contributed by atoms with Crippen LogP contribution in [-0.2, 0) is 4.79 Å². The Labute approximate surface area is 123 Å². The number of H-pyrrole nitrogens is 1. The number of carboxylic acid groups (broad SMARTS) is 1. The average Bonchev–Trinajstić information content (AvgIpc) is 3.22. The molecule has 114 valence electrons. The van der Waals surface area contributed by atoms with E-state index in [0.717, 1.165) is 12.8 Å². The minimum absolute atomic E-state index is 0.00634. The third-order valence-electron chi connectivity index (χ3n) is 3.51. The SMILES string of the molecule is O=C(O)CN(C(=O)c1n[nH]c2ccc([N+](=O)[O-])cc12)C1CC1. The summed E-state index contributed by atoms with van der Waals surface area (Å²) in [6, 6.07) is 3.94. The number of hydrogen-bond donors (Lipinski definition) is 2. The molecule has 22 heavy (non-hydrogen) atoms. The Morgan fingerprint density at radius 3 is 2.77 bits per heavy atom. The van der Waals surface area contributed by atoms with E-state index in [4.69, 9.17) is 5.11 Å². The largest absolute Gasteiger partial charge is 0.480 e. The fourth-order valence-corrected chi connectivity index (χ4v) is 2.31. The number of nitro benzene ring substituents is 1. The zero-order chi connectivity index (χ0) is 15.9. The minimum atomic E-state index is -1.11. The van der Waals surface area contributed by atoms with Crippen molar-refractivity contribution in [3.8, 4) is 0 Å². The summed E-state index contributed by atoms with van der Waals surface area (Å²) < 4.78 is 0. The highest BCUT2D eigenvalue weighted by molar-refractivity contribution is 6.06. The smallest absolute Gasteiger partial charge is 0.323 e. The normalized spacial score (nSPS) is 14.0. The van der Waals surface area contributed by atoms with Gasteiger partial charge in [-0.25, -0.2) is 0 Å². The molecule has 3 rings (SSSR count). The van der Waals surface area contributed by atoms with Crippen molar-refractivity contribution >= 4 is 28.5 Å². The first-order valence-corrected chi connectivity index (χ1v) is 6.62. The molecule has 0 saturated heterocycles. The first kappa shape index (κ1) is 14.0. The number of benzene rings is 1. The van der Waals surface area contributed by atoms with E-state index in [1.807, 2.05) is 0 Å². The topological polar surface area (TPSA) is 129 Å². The minimum Gasteiger partial charge on any atom is -0.480 e. The zero-order valence-corrected chi connectivity index (χ0v) is 11.4. The molecule has 1 fully saturated rings. The van der Waals surface area contributed by atoms with E-state index in [2.05, 4.69) is 10.2 Å². The van der Waals surface area contributed by atoms with E-state index in [-0.39, 0.29) is 17.4 Å². The molecule has 0 unspecified atom stereocenters. The summed E-state index contributed by atoms with van der Waals surface area (Å²) in [6.07, 6.45) is 1.50. The molecule has 2 aromatic rings. The molecule has 1 heterocycles. The van der Waals surface area contributed by atoms with Crippen LogP contribution >= 0.6 is 0 Å². The highest BCUT2D eigenvalue weighted by Crippen LogP contribution is 2.30. The van der Waals surface area contributed by atoms with Gasteiger partial charge < -0.3 is 10.0 Å². The van der Waals surface area contributed by atoms with Gasteiger partial charge >= 0.3 is 5.97 Å². The Morgan fingerprint density at radius 2 is 2.18 bits per heavy atom. The number of amides is 1. The van der Waals surface area contributed by atoms with Crippen LogP contribution in [0.1, 0.15) is 23.3 Å². The number of aromatic amines is 1. The summed E-state index contributed by atoms with van der Waals surface area (Å²) in [7, 11) is 0. The summed E-state index contributed by atoms with van der Waals surface area (Å²) in [5.74, 6) is -1.64. The molecule has 0 aliphatic heterocycles. The van der Waals surface area contributed by atoms with Crippen LogP contribution in [-0.4, -0.2) is 49.6 Å². The van der Waals surface area contributed by atoms with Crippen molar-refractivity contribution in [2.45, 2.75) is 18.9 Å². The number of carbonyl (C=O) groups is 2. The first-order chi connectivity index (χ1) is 10.5. The van der Waals surface area contributed by atoms with Gasteiger partial charge in [-0.2, -0.15) is 5.10 Å². The maximum absolute atomic E-state index is 12.5. The van der Waals surface area contributed by atoms with Gasteiger partial charge in [0.1, 0.15) is 6.54 Å². The van der Waals surface area contributed by atoms with E-state index in [1.165, 1.54) is 23.1 Å². The lowest BCUT2D eigenvalue weighted by Gasteiger charge is -2.18. The van der Waals surface area contributed by atoms with Crippen LogP contribution in [0.5, 0.6) is 0 Å². The van der Waals surface area contributed by atoms with Gasteiger partial charge in [-0.05, 0) is 18.9 Å². The Bertz CT molecular complexity index is 780. The summed E-state index contributed by atoms with van der Waals surface area (Å²) in [5, 5.41) is 26.6. The van der Waals surface area contributed by atoms with Crippen LogP contribution in [0.25, 0.3) is 10.9 Å². The van der Waals surface area contributed by atoms with Crippen molar-refractivity contribution in [3.63, 3.8) is 0 Å². The lowest BCUT2D eigenvalue weighted by Crippen LogP contribution is -2.37. The van der Waals surface area contributed by atoms with Gasteiger partial charge in [0.2, 0.25) is 0 Å². The maximum Gasteiger partial charge on any atom is 0.323 e. The van der Waals surface area contributed by atoms with Gasteiger partial charge in [-0.3, -0.25) is 24.8 Å². The number of non-ortho nitro benzene ring substituents is 1. The molecule has 1 amide bonds. The molecule has 0 bridgehead atoms. The summed E-state index contributed by atoms with van der Waals surface area (Å²) in [5.41, 5.74) is 0.339. The fourth-order valence-electron chi connectivity index (χ4n) is 2.31. The Hall–Kier alpha value is -2.97. The van der Waals surface area contributed by atoms with Crippen molar-refractivity contribution < 1.29 is 19.6 Å². The lowest BCUT2D eigenvalue weighted by molar-refractivity contribution is -0.384. The molecule has 0 spiro atoms. The highest BCUT2D eigenvalue weighted by Gasteiger charge is 2.36. The van der Waals surface area contributed by atoms with E-state index in [0.29, 0.717) is 10.9 Å². The summed E-state index contributed by atoms with van der Waals surface area (Å²) >= 11 is 0. The van der Waals surface area contributed by atoms with Crippen LogP contribution in [0, 0.1) is 10.1 Å². The van der Waals surface area contributed by atoms with E-state index < -0.39 is 23.3 Å².